The molecule has 216 valence electrons. The van der Waals surface area contributed by atoms with Gasteiger partial charge in [-0.2, -0.15) is 0 Å². The number of aromatic nitrogens is 1. The molecule has 0 N–H and O–H groups in total. The van der Waals surface area contributed by atoms with Crippen molar-refractivity contribution in [2.45, 2.75) is 31.4 Å². The number of thiazole rings is 1. The van der Waals surface area contributed by atoms with Gasteiger partial charge in [-0.1, -0.05) is 53.8 Å². The predicted molar refractivity (Wildman–Crippen MR) is 170 cm³/mol. The highest BCUT2D eigenvalue weighted by atomic mass is 79.9. The first kappa shape index (κ1) is 29.9. The summed E-state index contributed by atoms with van der Waals surface area (Å²) >= 11 is 6.52. The molecule has 0 radical (unpaired) electrons. The number of methoxy groups -OCH3 is 1. The molecule has 5 rings (SSSR count). The molecule has 0 fully saturated rings. The van der Waals surface area contributed by atoms with Crippen LogP contribution in [0.15, 0.2) is 97.2 Å². The molecule has 0 bridgehead atoms. The number of nitrogens with zero attached hydrogens (tertiary/aromatic N) is 2. The van der Waals surface area contributed by atoms with Crippen molar-refractivity contribution in [1.29, 1.82) is 0 Å². The average molecular weight is 666 g/mol. The van der Waals surface area contributed by atoms with E-state index in [1.807, 2.05) is 73.0 Å². The maximum atomic E-state index is 14.0. The van der Waals surface area contributed by atoms with Gasteiger partial charge in [0.2, 0.25) is 0 Å². The topological polar surface area (TPSA) is 79.1 Å². The molecule has 0 amide bonds. The number of carbonyl (C=O) groups excluding carboxylic acids is 1. The second-order valence-electron chi connectivity index (χ2n) is 9.38. The third-order valence-electron chi connectivity index (χ3n) is 6.72. The summed E-state index contributed by atoms with van der Waals surface area (Å²) in [5, 5.41) is 0. The third kappa shape index (κ3) is 6.11. The number of allylic oxidation sites excluding steroid dienone is 1. The number of rotatable bonds is 9. The summed E-state index contributed by atoms with van der Waals surface area (Å²) in [6.07, 6.45) is 3.80. The lowest BCUT2D eigenvalue weighted by molar-refractivity contribution is -0.139. The summed E-state index contributed by atoms with van der Waals surface area (Å²) in [4.78, 5) is 33.3. The minimum Gasteiger partial charge on any atom is -0.493 e. The maximum absolute atomic E-state index is 14.0. The smallest absolute Gasteiger partial charge is 0.338 e. The van der Waals surface area contributed by atoms with E-state index in [9.17, 15) is 9.59 Å². The van der Waals surface area contributed by atoms with Crippen LogP contribution >= 0.6 is 39.0 Å². The largest absolute Gasteiger partial charge is 0.493 e. The van der Waals surface area contributed by atoms with E-state index in [4.69, 9.17) is 14.2 Å². The summed E-state index contributed by atoms with van der Waals surface area (Å²) in [5.41, 5.74) is 3.24. The van der Waals surface area contributed by atoms with Crippen molar-refractivity contribution in [3.63, 3.8) is 0 Å². The van der Waals surface area contributed by atoms with Gasteiger partial charge in [0.05, 0.1) is 40.0 Å². The van der Waals surface area contributed by atoms with Crippen LogP contribution in [0.25, 0.3) is 6.08 Å². The predicted octanol–water partition coefficient (Wildman–Crippen LogP) is 5.87. The van der Waals surface area contributed by atoms with Gasteiger partial charge < -0.3 is 14.2 Å². The quantitative estimate of drug-likeness (QED) is 0.165. The highest BCUT2D eigenvalue weighted by molar-refractivity contribution is 9.10. The number of thioether (sulfide) groups is 1. The summed E-state index contributed by atoms with van der Waals surface area (Å²) in [5.74, 6) is 0.627. The van der Waals surface area contributed by atoms with E-state index in [1.54, 1.807) is 43.4 Å². The number of benzene rings is 3. The van der Waals surface area contributed by atoms with E-state index >= 15 is 0 Å². The number of hydrogen-bond acceptors (Lipinski definition) is 8. The molecule has 7 nitrogen and oxygen atoms in total. The zero-order chi connectivity index (χ0) is 29.8. The summed E-state index contributed by atoms with van der Waals surface area (Å²) in [6, 6.07) is 20.8. The van der Waals surface area contributed by atoms with Crippen LogP contribution in [0.1, 0.15) is 36.6 Å². The van der Waals surface area contributed by atoms with Gasteiger partial charge >= 0.3 is 5.97 Å². The molecule has 2 heterocycles. The number of halogens is 1. The van der Waals surface area contributed by atoms with Gasteiger partial charge in [-0.25, -0.2) is 9.79 Å². The molecule has 0 aliphatic carbocycles. The van der Waals surface area contributed by atoms with Gasteiger partial charge in [-0.15, -0.1) is 11.8 Å². The second kappa shape index (κ2) is 13.1. The van der Waals surface area contributed by atoms with E-state index in [-0.39, 0.29) is 12.2 Å². The van der Waals surface area contributed by atoms with Crippen molar-refractivity contribution in [2.75, 3.05) is 20.0 Å². The SMILES string of the molecule is CCOC(=O)C1=C(C)N=c2s/c(=C\c3cc(Br)c(OCc4ccccc4)c(OC)c3)c(=O)n2[C@H]1c1ccc(SC)cc1. The minimum atomic E-state index is -0.659. The number of hydrogen-bond donors (Lipinski definition) is 0. The monoisotopic (exact) mass is 664 g/mol. The van der Waals surface area contributed by atoms with Crippen LogP contribution < -0.4 is 24.4 Å². The van der Waals surface area contributed by atoms with Gasteiger partial charge in [0.15, 0.2) is 16.3 Å². The molecule has 10 heteroatoms. The lowest BCUT2D eigenvalue weighted by Crippen LogP contribution is -2.39. The minimum absolute atomic E-state index is 0.222. The summed E-state index contributed by atoms with van der Waals surface area (Å²) < 4.78 is 19.9. The Morgan fingerprint density at radius 3 is 2.55 bits per heavy atom. The Morgan fingerprint density at radius 2 is 1.88 bits per heavy atom. The van der Waals surface area contributed by atoms with Crippen molar-refractivity contribution in [3.8, 4) is 11.5 Å². The molecule has 1 aromatic heterocycles. The molecule has 1 aliphatic heterocycles. The van der Waals surface area contributed by atoms with Crippen LogP contribution in [0.2, 0.25) is 0 Å². The highest BCUT2D eigenvalue weighted by Crippen LogP contribution is 2.37. The lowest BCUT2D eigenvalue weighted by Gasteiger charge is -2.24. The van der Waals surface area contributed by atoms with Gasteiger partial charge in [-0.05, 0) is 83.1 Å². The normalized spacial score (nSPS) is 14.8. The van der Waals surface area contributed by atoms with E-state index in [2.05, 4.69) is 20.9 Å². The average Bonchev–Trinajstić information content (AvgIpc) is 3.30. The van der Waals surface area contributed by atoms with Crippen molar-refractivity contribution >= 4 is 51.1 Å². The van der Waals surface area contributed by atoms with E-state index < -0.39 is 12.0 Å². The first-order chi connectivity index (χ1) is 20.3. The fourth-order valence-electron chi connectivity index (χ4n) is 4.74. The van der Waals surface area contributed by atoms with E-state index in [1.165, 1.54) is 11.3 Å². The summed E-state index contributed by atoms with van der Waals surface area (Å²) in [7, 11) is 1.58. The van der Waals surface area contributed by atoms with Crippen LogP contribution in [-0.4, -0.2) is 30.5 Å². The highest BCUT2D eigenvalue weighted by Gasteiger charge is 2.33. The molecule has 0 unspecified atom stereocenters. The first-order valence-corrected chi connectivity index (χ1v) is 16.1. The summed E-state index contributed by atoms with van der Waals surface area (Å²) in [6.45, 7) is 4.15. The number of ether oxygens (including phenoxy) is 3. The van der Waals surface area contributed by atoms with Crippen LogP contribution in [0, 0.1) is 0 Å². The van der Waals surface area contributed by atoms with Crippen molar-refractivity contribution in [3.05, 3.63) is 119 Å². The zero-order valence-corrected chi connectivity index (χ0v) is 26.8. The third-order valence-corrected chi connectivity index (χ3v) is 9.04. The fraction of sp³-hybridized carbons (Fsp3) is 0.219. The molecule has 1 atom stereocenters. The molecule has 1 aliphatic rings. The second-order valence-corrected chi connectivity index (χ2v) is 12.1. The van der Waals surface area contributed by atoms with Crippen molar-refractivity contribution in [2.24, 2.45) is 4.99 Å². The number of fused-ring (bicyclic) bond motifs is 1. The van der Waals surface area contributed by atoms with Gasteiger partial charge in [0.1, 0.15) is 6.61 Å². The van der Waals surface area contributed by atoms with Gasteiger partial charge in [0, 0.05) is 4.90 Å². The molecule has 42 heavy (non-hydrogen) atoms. The molecular formula is C32H29BrN2O5S2. The Kier molecular flexibility index (Phi) is 9.35. The number of carbonyl (C=O) groups is 1. The van der Waals surface area contributed by atoms with Gasteiger partial charge in [-0.3, -0.25) is 9.36 Å². The maximum Gasteiger partial charge on any atom is 0.338 e. The lowest BCUT2D eigenvalue weighted by atomic mass is 9.96. The Bertz CT molecular complexity index is 1830. The Balaban J connectivity index is 1.58. The molecular weight excluding hydrogens is 636 g/mol. The Morgan fingerprint density at radius 1 is 1.14 bits per heavy atom. The van der Waals surface area contributed by atoms with Crippen LogP contribution in [0.5, 0.6) is 11.5 Å². The zero-order valence-electron chi connectivity index (χ0n) is 23.5. The number of esters is 1. The van der Waals surface area contributed by atoms with E-state index in [0.29, 0.717) is 43.2 Å². The molecule has 0 saturated carbocycles. The molecule has 4 aromatic rings. The fourth-order valence-corrected chi connectivity index (χ4v) is 6.77. The van der Waals surface area contributed by atoms with E-state index in [0.717, 1.165) is 21.6 Å². The van der Waals surface area contributed by atoms with Crippen LogP contribution in [0.3, 0.4) is 0 Å². The van der Waals surface area contributed by atoms with Crippen molar-refractivity contribution < 1.29 is 19.0 Å². The standard InChI is InChI=1S/C32H29BrN2O5S2/c1-5-39-31(37)27-19(2)34-32-35(28(27)22-11-13-23(41-4)14-12-22)30(36)26(42-32)17-21-15-24(33)29(25(16-21)38-3)40-18-20-9-7-6-8-10-20/h6-17,28H,5,18H2,1-4H3/b26-17-/t28-/m0/s1. The van der Waals surface area contributed by atoms with Crippen LogP contribution in [0.4, 0.5) is 0 Å². The first-order valence-electron chi connectivity index (χ1n) is 13.2. The Hall–Kier alpha value is -3.60. The Labute approximate surface area is 260 Å². The van der Waals surface area contributed by atoms with Crippen molar-refractivity contribution in [1.82, 2.24) is 4.57 Å². The molecule has 3 aromatic carbocycles. The molecule has 0 spiro atoms. The van der Waals surface area contributed by atoms with Crippen LogP contribution in [-0.2, 0) is 16.1 Å². The molecule has 0 saturated heterocycles. The van der Waals surface area contributed by atoms with Gasteiger partial charge in [0.25, 0.3) is 5.56 Å².